The maximum absolute atomic E-state index is 12.8. The molecule has 19 heavy (non-hydrogen) atoms. The largest absolute Gasteiger partial charge is 0.329 e. The summed E-state index contributed by atoms with van der Waals surface area (Å²) in [4.78, 5) is 0. The fourth-order valence-corrected chi connectivity index (χ4v) is 6.03. The molecule has 0 aromatic heterocycles. The average Bonchev–Trinajstić information content (AvgIpc) is 2.99. The highest BCUT2D eigenvalue weighted by Gasteiger charge is 2.44. The van der Waals surface area contributed by atoms with Gasteiger partial charge in [0.05, 0.1) is 0 Å². The van der Waals surface area contributed by atoms with Crippen molar-refractivity contribution in [1.29, 1.82) is 0 Å². The summed E-state index contributed by atoms with van der Waals surface area (Å²) in [6, 6.07) is 0.0131. The molecular formula is C13H25N3O2S. The molecule has 2 saturated heterocycles. The second-order valence-electron chi connectivity index (χ2n) is 6.27. The zero-order valence-corrected chi connectivity index (χ0v) is 12.3. The Labute approximate surface area is 116 Å². The van der Waals surface area contributed by atoms with Crippen molar-refractivity contribution in [2.45, 2.75) is 44.6 Å². The maximum atomic E-state index is 12.8. The monoisotopic (exact) mass is 287 g/mol. The highest BCUT2D eigenvalue weighted by molar-refractivity contribution is 7.86. The predicted molar refractivity (Wildman–Crippen MR) is 74.7 cm³/mol. The van der Waals surface area contributed by atoms with Crippen LogP contribution in [-0.2, 0) is 10.2 Å². The standard InChI is InChI=1S/C13H25N3O2S/c14-8-13-6-1-2-7-16(13)19(17,18)15-9-11-4-3-5-12(11)10-15/h11-13H,1-10,14H2. The topological polar surface area (TPSA) is 66.6 Å². The number of nitrogens with zero attached hydrogens (tertiary/aromatic N) is 2. The van der Waals surface area contributed by atoms with Crippen molar-refractivity contribution in [3.63, 3.8) is 0 Å². The molecule has 1 saturated carbocycles. The zero-order valence-electron chi connectivity index (χ0n) is 11.5. The van der Waals surface area contributed by atoms with Crippen LogP contribution in [0.2, 0.25) is 0 Å². The van der Waals surface area contributed by atoms with Gasteiger partial charge >= 0.3 is 0 Å². The van der Waals surface area contributed by atoms with Gasteiger partial charge in [-0.2, -0.15) is 17.0 Å². The summed E-state index contributed by atoms with van der Waals surface area (Å²) in [5.41, 5.74) is 5.76. The van der Waals surface area contributed by atoms with Crippen LogP contribution in [-0.4, -0.2) is 49.2 Å². The molecule has 6 heteroatoms. The molecule has 3 atom stereocenters. The van der Waals surface area contributed by atoms with Gasteiger partial charge in [0, 0.05) is 32.2 Å². The molecule has 3 unspecified atom stereocenters. The minimum atomic E-state index is -3.28. The van der Waals surface area contributed by atoms with Crippen molar-refractivity contribution in [3.8, 4) is 0 Å². The van der Waals surface area contributed by atoms with Crippen LogP contribution in [0.4, 0.5) is 0 Å². The van der Waals surface area contributed by atoms with Crippen molar-refractivity contribution in [2.75, 3.05) is 26.2 Å². The normalized spacial score (nSPS) is 37.6. The molecule has 1 aliphatic carbocycles. The third-order valence-electron chi connectivity index (χ3n) is 5.16. The Hall–Kier alpha value is -0.170. The van der Waals surface area contributed by atoms with Crippen LogP contribution >= 0.6 is 0 Å². The van der Waals surface area contributed by atoms with Gasteiger partial charge in [0.15, 0.2) is 0 Å². The van der Waals surface area contributed by atoms with Gasteiger partial charge in [-0.05, 0) is 37.5 Å². The van der Waals surface area contributed by atoms with Crippen molar-refractivity contribution in [2.24, 2.45) is 17.6 Å². The summed E-state index contributed by atoms with van der Waals surface area (Å²) in [6.45, 7) is 2.57. The van der Waals surface area contributed by atoms with E-state index in [-0.39, 0.29) is 6.04 Å². The summed E-state index contributed by atoms with van der Waals surface area (Å²) < 4.78 is 29.0. The molecule has 0 amide bonds. The second kappa shape index (κ2) is 5.31. The molecule has 3 rings (SSSR count). The molecule has 110 valence electrons. The molecule has 2 N–H and O–H groups in total. The Morgan fingerprint density at radius 3 is 2.32 bits per heavy atom. The lowest BCUT2D eigenvalue weighted by Crippen LogP contribution is -2.52. The first kappa shape index (κ1) is 13.8. The summed E-state index contributed by atoms with van der Waals surface area (Å²) in [5.74, 6) is 1.21. The van der Waals surface area contributed by atoms with Crippen LogP contribution in [0.1, 0.15) is 38.5 Å². The number of piperidine rings is 1. The van der Waals surface area contributed by atoms with Crippen LogP contribution in [0, 0.1) is 11.8 Å². The summed E-state index contributed by atoms with van der Waals surface area (Å²) in [7, 11) is -3.28. The molecule has 0 aromatic rings. The Balaban J connectivity index is 1.75. The average molecular weight is 287 g/mol. The number of hydrogen-bond acceptors (Lipinski definition) is 3. The first-order valence-corrected chi connectivity index (χ1v) is 8.99. The summed E-state index contributed by atoms with van der Waals surface area (Å²) in [5, 5.41) is 0. The second-order valence-corrected chi connectivity index (χ2v) is 8.15. The molecule has 2 aliphatic heterocycles. The maximum Gasteiger partial charge on any atom is 0.282 e. The van der Waals surface area contributed by atoms with Crippen LogP contribution < -0.4 is 5.73 Å². The molecule has 0 radical (unpaired) electrons. The van der Waals surface area contributed by atoms with E-state index in [1.165, 1.54) is 19.3 Å². The lowest BCUT2D eigenvalue weighted by molar-refractivity contribution is 0.239. The van der Waals surface area contributed by atoms with E-state index >= 15 is 0 Å². The minimum Gasteiger partial charge on any atom is -0.329 e. The van der Waals surface area contributed by atoms with Gasteiger partial charge in [-0.3, -0.25) is 0 Å². The van der Waals surface area contributed by atoms with Crippen LogP contribution in [0.15, 0.2) is 0 Å². The van der Waals surface area contributed by atoms with Crippen molar-refractivity contribution in [3.05, 3.63) is 0 Å². The Morgan fingerprint density at radius 1 is 1.00 bits per heavy atom. The van der Waals surface area contributed by atoms with Crippen molar-refractivity contribution < 1.29 is 8.42 Å². The van der Waals surface area contributed by atoms with Crippen molar-refractivity contribution >= 4 is 10.2 Å². The van der Waals surface area contributed by atoms with E-state index in [1.807, 2.05) is 0 Å². The number of rotatable bonds is 3. The van der Waals surface area contributed by atoms with E-state index in [4.69, 9.17) is 5.73 Å². The van der Waals surface area contributed by atoms with Gasteiger partial charge in [0.2, 0.25) is 0 Å². The molecule has 3 fully saturated rings. The Bertz CT molecular complexity index is 414. The zero-order chi connectivity index (χ0) is 13.5. The highest BCUT2D eigenvalue weighted by atomic mass is 32.2. The van der Waals surface area contributed by atoms with Crippen molar-refractivity contribution in [1.82, 2.24) is 8.61 Å². The smallest absolute Gasteiger partial charge is 0.282 e. The molecule has 5 nitrogen and oxygen atoms in total. The summed E-state index contributed by atoms with van der Waals surface area (Å²) >= 11 is 0. The lowest BCUT2D eigenvalue weighted by atomic mass is 10.0. The fraction of sp³-hybridized carbons (Fsp3) is 1.00. The minimum absolute atomic E-state index is 0.0131. The van der Waals surface area contributed by atoms with Gasteiger partial charge in [-0.25, -0.2) is 0 Å². The third kappa shape index (κ3) is 2.44. The molecule has 2 heterocycles. The third-order valence-corrected chi connectivity index (χ3v) is 7.18. The van der Waals surface area contributed by atoms with Crippen LogP contribution in [0.25, 0.3) is 0 Å². The number of hydrogen-bond donors (Lipinski definition) is 1. The Kier molecular flexibility index (Phi) is 3.86. The lowest BCUT2D eigenvalue weighted by Gasteiger charge is -2.36. The van der Waals surface area contributed by atoms with E-state index in [1.54, 1.807) is 8.61 Å². The van der Waals surface area contributed by atoms with Gasteiger partial charge < -0.3 is 5.73 Å². The quantitative estimate of drug-likeness (QED) is 0.834. The molecule has 0 spiro atoms. The van der Waals surface area contributed by atoms with Gasteiger partial charge in [-0.15, -0.1) is 0 Å². The molecular weight excluding hydrogens is 262 g/mol. The van der Waals surface area contributed by atoms with E-state index in [2.05, 4.69) is 0 Å². The molecule has 0 aromatic carbocycles. The summed E-state index contributed by atoms with van der Waals surface area (Å²) in [6.07, 6.45) is 6.67. The fourth-order valence-electron chi connectivity index (χ4n) is 4.04. The van der Waals surface area contributed by atoms with Gasteiger partial charge in [0.1, 0.15) is 0 Å². The Morgan fingerprint density at radius 2 is 1.68 bits per heavy atom. The first-order valence-electron chi connectivity index (χ1n) is 7.60. The van der Waals surface area contributed by atoms with E-state index < -0.39 is 10.2 Å². The predicted octanol–water partition coefficient (Wildman–Crippen LogP) is 0.776. The van der Waals surface area contributed by atoms with Gasteiger partial charge in [0.25, 0.3) is 10.2 Å². The number of nitrogens with two attached hydrogens (primary N) is 1. The number of fused-ring (bicyclic) bond motifs is 1. The van der Waals surface area contributed by atoms with E-state index in [9.17, 15) is 8.42 Å². The highest BCUT2D eigenvalue weighted by Crippen LogP contribution is 2.39. The first-order chi connectivity index (χ1) is 9.13. The molecule has 0 bridgehead atoms. The van der Waals surface area contributed by atoms with Gasteiger partial charge in [-0.1, -0.05) is 12.8 Å². The SMILES string of the molecule is NCC1CCCCN1S(=O)(=O)N1CC2CCCC2C1. The van der Waals surface area contributed by atoms with Crippen LogP contribution in [0.5, 0.6) is 0 Å². The van der Waals surface area contributed by atoms with E-state index in [0.717, 1.165) is 32.4 Å². The van der Waals surface area contributed by atoms with Crippen LogP contribution in [0.3, 0.4) is 0 Å². The van der Waals surface area contributed by atoms with E-state index in [0.29, 0.717) is 24.9 Å². The molecule has 3 aliphatic rings.